The van der Waals surface area contributed by atoms with Crippen molar-refractivity contribution in [2.24, 2.45) is 11.8 Å². The van der Waals surface area contributed by atoms with Crippen LogP contribution in [0.15, 0.2) is 0 Å². The largest absolute Gasteiger partial charge is 0.468 e. The van der Waals surface area contributed by atoms with Crippen LogP contribution in [0, 0.1) is 11.8 Å². The maximum atomic E-state index is 11.1. The van der Waals surface area contributed by atoms with Crippen LogP contribution >= 0.6 is 0 Å². The molecule has 62 valence electrons. The molecule has 3 nitrogen and oxygen atoms in total. The monoisotopic (exact) mass is 156 g/mol. The average molecular weight is 156 g/mol. The molecule has 0 amide bonds. The van der Waals surface area contributed by atoms with E-state index in [1.807, 2.05) is 6.92 Å². The van der Waals surface area contributed by atoms with Gasteiger partial charge in [-0.2, -0.15) is 0 Å². The molecular formula is C8H12O3. The van der Waals surface area contributed by atoms with Crippen molar-refractivity contribution in [2.45, 2.75) is 19.8 Å². The lowest BCUT2D eigenvalue weighted by Gasteiger charge is -2.09. The van der Waals surface area contributed by atoms with Crippen molar-refractivity contribution >= 4 is 11.8 Å². The number of methoxy groups -OCH3 is 1. The van der Waals surface area contributed by atoms with E-state index in [2.05, 4.69) is 4.74 Å². The van der Waals surface area contributed by atoms with Crippen molar-refractivity contribution in [1.82, 2.24) is 0 Å². The van der Waals surface area contributed by atoms with Crippen molar-refractivity contribution in [2.75, 3.05) is 7.11 Å². The number of ether oxygens (including phenoxy) is 1. The molecule has 0 aromatic carbocycles. The first kappa shape index (κ1) is 8.24. The Hall–Kier alpha value is -0.860. The highest BCUT2D eigenvalue weighted by atomic mass is 16.5. The van der Waals surface area contributed by atoms with Crippen LogP contribution in [0.4, 0.5) is 0 Å². The molecule has 0 bridgehead atoms. The Labute approximate surface area is 65.7 Å². The molecule has 3 heteroatoms. The molecule has 1 rings (SSSR count). The molecule has 0 spiro atoms. The van der Waals surface area contributed by atoms with Crippen molar-refractivity contribution in [3.05, 3.63) is 0 Å². The van der Waals surface area contributed by atoms with Crippen LogP contribution in [0.2, 0.25) is 0 Å². The number of Topliss-reactive ketones (excluding diaryl/α,β-unsaturated/α-hetero) is 1. The molecule has 0 aliphatic heterocycles. The fourth-order valence-electron chi connectivity index (χ4n) is 1.50. The summed E-state index contributed by atoms with van der Waals surface area (Å²) >= 11 is 0. The molecule has 1 fully saturated rings. The molecule has 1 aliphatic carbocycles. The first-order valence-corrected chi connectivity index (χ1v) is 3.77. The molecule has 0 N–H and O–H groups in total. The topological polar surface area (TPSA) is 43.4 Å². The summed E-state index contributed by atoms with van der Waals surface area (Å²) in [4.78, 5) is 22.1. The predicted molar refractivity (Wildman–Crippen MR) is 38.9 cm³/mol. The molecule has 0 aromatic rings. The Morgan fingerprint density at radius 1 is 1.64 bits per heavy atom. The normalized spacial score (nSPS) is 30.5. The van der Waals surface area contributed by atoms with Gasteiger partial charge in [0.15, 0.2) is 0 Å². The second-order valence-electron chi connectivity index (χ2n) is 2.98. The van der Waals surface area contributed by atoms with E-state index in [4.69, 9.17) is 0 Å². The van der Waals surface area contributed by atoms with Gasteiger partial charge in [-0.1, -0.05) is 6.92 Å². The summed E-state index contributed by atoms with van der Waals surface area (Å²) in [5.41, 5.74) is 0. The van der Waals surface area contributed by atoms with Gasteiger partial charge in [-0.15, -0.1) is 0 Å². The van der Waals surface area contributed by atoms with Gasteiger partial charge in [0.1, 0.15) is 11.7 Å². The highest BCUT2D eigenvalue weighted by molar-refractivity contribution is 6.00. The Morgan fingerprint density at radius 2 is 2.27 bits per heavy atom. The Morgan fingerprint density at radius 3 is 2.64 bits per heavy atom. The molecule has 2 atom stereocenters. The first-order chi connectivity index (χ1) is 5.16. The van der Waals surface area contributed by atoms with Crippen LogP contribution in [-0.2, 0) is 14.3 Å². The van der Waals surface area contributed by atoms with Gasteiger partial charge in [0, 0.05) is 6.42 Å². The molecule has 1 saturated carbocycles. The van der Waals surface area contributed by atoms with E-state index in [0.29, 0.717) is 6.42 Å². The third kappa shape index (κ3) is 1.42. The zero-order valence-corrected chi connectivity index (χ0v) is 6.79. The summed E-state index contributed by atoms with van der Waals surface area (Å²) in [6, 6.07) is 0. The number of esters is 1. The van der Waals surface area contributed by atoms with Crippen LogP contribution in [0.5, 0.6) is 0 Å². The number of rotatable bonds is 1. The highest BCUT2D eigenvalue weighted by Crippen LogP contribution is 2.28. The Kier molecular flexibility index (Phi) is 2.27. The van der Waals surface area contributed by atoms with Crippen LogP contribution in [0.1, 0.15) is 19.8 Å². The van der Waals surface area contributed by atoms with Crippen molar-refractivity contribution in [1.29, 1.82) is 0 Å². The van der Waals surface area contributed by atoms with E-state index in [1.54, 1.807) is 0 Å². The lowest BCUT2D eigenvalue weighted by molar-refractivity contribution is -0.149. The fraction of sp³-hybridized carbons (Fsp3) is 0.750. The van der Waals surface area contributed by atoms with Gasteiger partial charge in [0.05, 0.1) is 7.11 Å². The summed E-state index contributed by atoms with van der Waals surface area (Å²) in [6.07, 6.45) is 1.35. The Bertz CT molecular complexity index is 186. The molecule has 2 unspecified atom stereocenters. The van der Waals surface area contributed by atoms with E-state index in [-0.39, 0.29) is 17.7 Å². The minimum atomic E-state index is -0.486. The van der Waals surface area contributed by atoms with Gasteiger partial charge in [-0.05, 0) is 12.3 Å². The lowest BCUT2D eigenvalue weighted by Crippen LogP contribution is -2.24. The SMILES string of the molecule is COC(=O)C1C(=O)CCC1C. The third-order valence-electron chi connectivity index (χ3n) is 2.22. The number of carbonyl (C=O) groups excluding carboxylic acids is 2. The van der Waals surface area contributed by atoms with Gasteiger partial charge in [-0.3, -0.25) is 9.59 Å². The third-order valence-corrected chi connectivity index (χ3v) is 2.22. The molecule has 1 aliphatic rings. The van der Waals surface area contributed by atoms with Gasteiger partial charge >= 0.3 is 5.97 Å². The lowest BCUT2D eigenvalue weighted by atomic mass is 9.98. The summed E-state index contributed by atoms with van der Waals surface area (Å²) in [7, 11) is 1.32. The van der Waals surface area contributed by atoms with Crippen LogP contribution in [-0.4, -0.2) is 18.9 Å². The van der Waals surface area contributed by atoms with Gasteiger partial charge in [0.2, 0.25) is 0 Å². The predicted octanol–water partition coefficient (Wildman–Crippen LogP) is 0.775. The van der Waals surface area contributed by atoms with Gasteiger partial charge < -0.3 is 4.74 Å². The van der Waals surface area contributed by atoms with Crippen LogP contribution < -0.4 is 0 Å². The number of ketones is 1. The van der Waals surface area contributed by atoms with Crippen LogP contribution in [0.3, 0.4) is 0 Å². The molecule has 11 heavy (non-hydrogen) atoms. The number of carbonyl (C=O) groups is 2. The van der Waals surface area contributed by atoms with Crippen molar-refractivity contribution in [3.8, 4) is 0 Å². The van der Waals surface area contributed by atoms with E-state index in [9.17, 15) is 9.59 Å². The standard InChI is InChI=1S/C8H12O3/c1-5-3-4-6(9)7(5)8(10)11-2/h5,7H,3-4H2,1-2H3. The zero-order chi connectivity index (χ0) is 8.43. The van der Waals surface area contributed by atoms with E-state index < -0.39 is 5.92 Å². The second-order valence-corrected chi connectivity index (χ2v) is 2.98. The summed E-state index contributed by atoms with van der Waals surface area (Å²) < 4.78 is 4.52. The minimum absolute atomic E-state index is 0.0318. The summed E-state index contributed by atoms with van der Waals surface area (Å²) in [5.74, 6) is -0.667. The van der Waals surface area contributed by atoms with Gasteiger partial charge in [0.25, 0.3) is 0 Å². The van der Waals surface area contributed by atoms with Crippen molar-refractivity contribution < 1.29 is 14.3 Å². The Balaban J connectivity index is 2.68. The molecule has 0 heterocycles. The quantitative estimate of drug-likeness (QED) is 0.416. The van der Waals surface area contributed by atoms with Crippen LogP contribution in [0.25, 0.3) is 0 Å². The maximum absolute atomic E-state index is 11.1. The number of hydrogen-bond donors (Lipinski definition) is 0. The second kappa shape index (κ2) is 3.03. The zero-order valence-electron chi connectivity index (χ0n) is 6.79. The number of hydrogen-bond acceptors (Lipinski definition) is 3. The highest BCUT2D eigenvalue weighted by Gasteiger charge is 2.37. The molecule has 0 saturated heterocycles. The molecular weight excluding hydrogens is 144 g/mol. The van der Waals surface area contributed by atoms with E-state index in [1.165, 1.54) is 7.11 Å². The van der Waals surface area contributed by atoms with Crippen molar-refractivity contribution in [3.63, 3.8) is 0 Å². The van der Waals surface area contributed by atoms with E-state index in [0.717, 1.165) is 6.42 Å². The molecule has 0 radical (unpaired) electrons. The molecule has 0 aromatic heterocycles. The summed E-state index contributed by atoms with van der Waals surface area (Å²) in [6.45, 7) is 1.91. The average Bonchev–Trinajstić information content (AvgIpc) is 2.30. The maximum Gasteiger partial charge on any atom is 0.316 e. The van der Waals surface area contributed by atoms with Gasteiger partial charge in [-0.25, -0.2) is 0 Å². The minimum Gasteiger partial charge on any atom is -0.468 e. The smallest absolute Gasteiger partial charge is 0.316 e. The first-order valence-electron chi connectivity index (χ1n) is 3.77. The van der Waals surface area contributed by atoms with E-state index >= 15 is 0 Å². The fourth-order valence-corrected chi connectivity index (χ4v) is 1.50. The summed E-state index contributed by atoms with van der Waals surface area (Å²) in [5, 5.41) is 0.